The van der Waals surface area contributed by atoms with Crippen molar-refractivity contribution in [3.8, 4) is 0 Å². The maximum Gasteiger partial charge on any atom is 0.137 e. The number of aromatic nitrogens is 2. The number of pyridine rings is 1. The molecule has 4 nitrogen and oxygen atoms in total. The predicted molar refractivity (Wildman–Crippen MR) is 80.9 cm³/mol. The highest BCUT2D eigenvalue weighted by Gasteiger charge is 2.12. The summed E-state index contributed by atoms with van der Waals surface area (Å²) in [6, 6.07) is 11.3. The maximum absolute atomic E-state index is 12.5. The van der Waals surface area contributed by atoms with E-state index in [1.165, 1.54) is 0 Å². The highest BCUT2D eigenvalue weighted by molar-refractivity contribution is 7.84. The van der Waals surface area contributed by atoms with Crippen molar-refractivity contribution in [3.05, 3.63) is 60.0 Å². The Hall–Kier alpha value is -2.14. The van der Waals surface area contributed by atoms with Gasteiger partial charge in [-0.1, -0.05) is 12.1 Å². The Bertz CT molecular complexity index is 762. The number of hydrogen-bond donors (Lipinski definition) is 1. The molecule has 0 fully saturated rings. The summed E-state index contributed by atoms with van der Waals surface area (Å²) in [4.78, 5) is 5.25. The highest BCUT2D eigenvalue weighted by Crippen LogP contribution is 2.21. The minimum Gasteiger partial charge on any atom is -0.398 e. The quantitative estimate of drug-likeness (QED) is 0.752. The molecule has 0 aliphatic rings. The van der Waals surface area contributed by atoms with Crippen molar-refractivity contribution in [1.29, 1.82) is 0 Å². The van der Waals surface area contributed by atoms with Crippen LogP contribution in [0.1, 0.15) is 11.3 Å². The SMILES string of the molecule is Cc1c(N)cccc1S(=O)Cc1cn2ccccc2n1. The number of nitrogens with two attached hydrogens (primary N) is 1. The summed E-state index contributed by atoms with van der Waals surface area (Å²) in [5.74, 6) is 0.395. The van der Waals surface area contributed by atoms with Crippen LogP contribution in [-0.4, -0.2) is 13.6 Å². The van der Waals surface area contributed by atoms with Crippen molar-refractivity contribution in [2.24, 2.45) is 0 Å². The van der Waals surface area contributed by atoms with E-state index in [1.807, 2.05) is 60.1 Å². The molecule has 20 heavy (non-hydrogen) atoms. The first-order chi connectivity index (χ1) is 9.65. The van der Waals surface area contributed by atoms with Crippen LogP contribution < -0.4 is 5.73 Å². The zero-order chi connectivity index (χ0) is 14.1. The minimum atomic E-state index is -1.14. The Morgan fingerprint density at radius 1 is 1.25 bits per heavy atom. The average Bonchev–Trinajstić information content (AvgIpc) is 2.83. The normalized spacial score (nSPS) is 12.7. The molecule has 102 valence electrons. The van der Waals surface area contributed by atoms with Crippen LogP contribution in [0, 0.1) is 6.92 Å². The van der Waals surface area contributed by atoms with Gasteiger partial charge in [-0.2, -0.15) is 0 Å². The second-order valence-corrected chi connectivity index (χ2v) is 6.08. The fourth-order valence-electron chi connectivity index (χ4n) is 2.15. The fourth-order valence-corrected chi connectivity index (χ4v) is 3.40. The molecule has 2 aromatic heterocycles. The molecule has 0 aliphatic heterocycles. The molecule has 0 saturated heterocycles. The van der Waals surface area contributed by atoms with E-state index in [0.29, 0.717) is 11.4 Å². The molecule has 2 heterocycles. The van der Waals surface area contributed by atoms with Crippen LogP contribution in [0.3, 0.4) is 0 Å². The van der Waals surface area contributed by atoms with Crippen LogP contribution in [0.25, 0.3) is 5.65 Å². The number of nitrogen functional groups attached to an aromatic ring is 1. The zero-order valence-corrected chi connectivity index (χ0v) is 11.9. The predicted octanol–water partition coefficient (Wildman–Crippen LogP) is 2.53. The summed E-state index contributed by atoms with van der Waals surface area (Å²) in [5.41, 5.74) is 9.10. The van der Waals surface area contributed by atoms with E-state index < -0.39 is 10.8 Å². The van der Waals surface area contributed by atoms with Gasteiger partial charge in [0.1, 0.15) is 5.65 Å². The van der Waals surface area contributed by atoms with Gasteiger partial charge in [0.2, 0.25) is 0 Å². The van der Waals surface area contributed by atoms with Crippen LogP contribution in [0.2, 0.25) is 0 Å². The molecule has 0 bridgehead atoms. The smallest absolute Gasteiger partial charge is 0.137 e. The molecule has 0 saturated carbocycles. The third kappa shape index (κ3) is 2.32. The molecule has 5 heteroatoms. The summed E-state index contributed by atoms with van der Waals surface area (Å²) < 4.78 is 14.4. The van der Waals surface area contributed by atoms with E-state index in [-0.39, 0.29) is 0 Å². The van der Waals surface area contributed by atoms with Gasteiger partial charge in [-0.05, 0) is 36.8 Å². The summed E-state index contributed by atoms with van der Waals surface area (Å²) in [6.07, 6.45) is 3.84. The van der Waals surface area contributed by atoms with E-state index in [4.69, 9.17) is 5.73 Å². The van der Waals surface area contributed by atoms with Gasteiger partial charge in [-0.3, -0.25) is 4.21 Å². The minimum absolute atomic E-state index is 0.395. The second-order valence-electron chi connectivity index (χ2n) is 4.66. The standard InChI is InChI=1S/C15H15N3OS/c1-11-13(16)5-4-6-14(11)20(19)10-12-9-18-8-3-2-7-15(18)17-12/h2-9H,10,16H2,1H3. The van der Waals surface area contributed by atoms with E-state index in [9.17, 15) is 4.21 Å². The van der Waals surface area contributed by atoms with E-state index in [2.05, 4.69) is 4.98 Å². The Labute approximate surface area is 119 Å². The molecule has 2 N–H and O–H groups in total. The highest BCUT2D eigenvalue weighted by atomic mass is 32.2. The number of nitrogens with zero attached hydrogens (tertiary/aromatic N) is 2. The molecule has 3 rings (SSSR count). The van der Waals surface area contributed by atoms with Crippen LogP contribution in [0.5, 0.6) is 0 Å². The van der Waals surface area contributed by atoms with E-state index >= 15 is 0 Å². The molecular weight excluding hydrogens is 270 g/mol. The van der Waals surface area contributed by atoms with Crippen LogP contribution in [0.15, 0.2) is 53.7 Å². The third-order valence-corrected chi connectivity index (χ3v) is 4.75. The Kier molecular flexibility index (Phi) is 3.28. The first-order valence-corrected chi connectivity index (χ1v) is 7.63. The number of rotatable bonds is 3. The van der Waals surface area contributed by atoms with E-state index in [0.717, 1.165) is 21.8 Å². The number of fused-ring (bicyclic) bond motifs is 1. The summed E-state index contributed by atoms with van der Waals surface area (Å²) in [7, 11) is -1.14. The maximum atomic E-state index is 12.5. The van der Waals surface area contributed by atoms with Gasteiger partial charge < -0.3 is 10.1 Å². The van der Waals surface area contributed by atoms with Gasteiger partial charge in [0, 0.05) is 23.0 Å². The second kappa shape index (κ2) is 5.09. The molecular formula is C15H15N3OS. The molecule has 1 aromatic carbocycles. The third-order valence-electron chi connectivity index (χ3n) is 3.26. The summed E-state index contributed by atoms with van der Waals surface area (Å²) in [5, 5.41) is 0. The topological polar surface area (TPSA) is 60.4 Å². The van der Waals surface area contributed by atoms with Gasteiger partial charge in [0.25, 0.3) is 0 Å². The van der Waals surface area contributed by atoms with Crippen LogP contribution >= 0.6 is 0 Å². The molecule has 3 aromatic rings. The molecule has 0 spiro atoms. The van der Waals surface area contributed by atoms with Gasteiger partial charge >= 0.3 is 0 Å². The largest absolute Gasteiger partial charge is 0.398 e. The number of imidazole rings is 1. The lowest BCUT2D eigenvalue weighted by atomic mass is 10.2. The Balaban J connectivity index is 1.90. The van der Waals surface area contributed by atoms with Crippen LogP contribution in [-0.2, 0) is 16.6 Å². The van der Waals surface area contributed by atoms with Gasteiger partial charge in [-0.25, -0.2) is 4.98 Å². The van der Waals surface area contributed by atoms with Crippen molar-refractivity contribution < 1.29 is 4.21 Å². The number of benzene rings is 1. The Morgan fingerprint density at radius 2 is 2.10 bits per heavy atom. The molecule has 0 aliphatic carbocycles. The first-order valence-electron chi connectivity index (χ1n) is 6.31. The number of hydrogen-bond acceptors (Lipinski definition) is 3. The monoisotopic (exact) mass is 285 g/mol. The molecule has 0 radical (unpaired) electrons. The van der Waals surface area contributed by atoms with Crippen LogP contribution in [0.4, 0.5) is 5.69 Å². The molecule has 1 atom stereocenters. The van der Waals surface area contributed by atoms with Gasteiger partial charge in [-0.15, -0.1) is 0 Å². The Morgan fingerprint density at radius 3 is 2.90 bits per heavy atom. The molecule has 1 unspecified atom stereocenters. The zero-order valence-electron chi connectivity index (χ0n) is 11.1. The lowest BCUT2D eigenvalue weighted by Crippen LogP contribution is -2.01. The van der Waals surface area contributed by atoms with Crippen molar-refractivity contribution in [2.75, 3.05) is 5.73 Å². The first kappa shape index (κ1) is 12.9. The lowest BCUT2D eigenvalue weighted by Gasteiger charge is -2.06. The number of anilines is 1. The lowest BCUT2D eigenvalue weighted by molar-refractivity contribution is 0.682. The summed E-state index contributed by atoms with van der Waals surface area (Å²) in [6.45, 7) is 1.90. The van der Waals surface area contributed by atoms with E-state index in [1.54, 1.807) is 0 Å². The van der Waals surface area contributed by atoms with Crippen molar-refractivity contribution in [3.63, 3.8) is 0 Å². The van der Waals surface area contributed by atoms with Crippen molar-refractivity contribution >= 4 is 22.1 Å². The van der Waals surface area contributed by atoms with Gasteiger partial charge in [0.05, 0.1) is 22.2 Å². The van der Waals surface area contributed by atoms with Crippen molar-refractivity contribution in [2.45, 2.75) is 17.6 Å². The fraction of sp³-hybridized carbons (Fsp3) is 0.133. The average molecular weight is 285 g/mol. The van der Waals surface area contributed by atoms with Gasteiger partial charge in [0.15, 0.2) is 0 Å². The van der Waals surface area contributed by atoms with Crippen molar-refractivity contribution in [1.82, 2.24) is 9.38 Å². The summed E-state index contributed by atoms with van der Waals surface area (Å²) >= 11 is 0. The molecule has 0 amide bonds.